The van der Waals surface area contributed by atoms with Gasteiger partial charge in [-0.05, 0) is 89.1 Å². The highest BCUT2D eigenvalue weighted by Crippen LogP contribution is 2.37. The fourth-order valence-electron chi connectivity index (χ4n) is 3.17. The highest BCUT2D eigenvalue weighted by Gasteiger charge is 2.16. The molecule has 0 fully saturated rings. The number of hydrogen-bond acceptors (Lipinski definition) is 6. The number of hydrogen-bond donors (Lipinski definition) is 2. The lowest BCUT2D eigenvalue weighted by Gasteiger charge is -2.15. The first-order chi connectivity index (χ1) is 18.2. The SMILES string of the molecule is CCOc1cc(/C=C(/C#N)C(=O)Nc2ccc(OC)cc2)cc(Br)c1OCC(=O)Nc1ccc(Cl)c(Cl)c1. The van der Waals surface area contributed by atoms with Crippen molar-refractivity contribution < 1.29 is 23.8 Å². The van der Waals surface area contributed by atoms with E-state index in [2.05, 4.69) is 26.6 Å². The van der Waals surface area contributed by atoms with Crippen molar-refractivity contribution in [2.75, 3.05) is 31.0 Å². The number of carbonyl (C=O) groups excluding carboxylic acids is 2. The predicted molar refractivity (Wildman–Crippen MR) is 151 cm³/mol. The highest BCUT2D eigenvalue weighted by molar-refractivity contribution is 9.10. The van der Waals surface area contributed by atoms with E-state index in [9.17, 15) is 14.9 Å². The third-order valence-electron chi connectivity index (χ3n) is 4.91. The van der Waals surface area contributed by atoms with Gasteiger partial charge in [-0.15, -0.1) is 0 Å². The van der Waals surface area contributed by atoms with Crippen LogP contribution in [0.1, 0.15) is 12.5 Å². The number of methoxy groups -OCH3 is 1. The summed E-state index contributed by atoms with van der Waals surface area (Å²) in [4.78, 5) is 25.1. The summed E-state index contributed by atoms with van der Waals surface area (Å²) < 4.78 is 17.0. The van der Waals surface area contributed by atoms with E-state index in [1.165, 1.54) is 12.1 Å². The van der Waals surface area contributed by atoms with Crippen LogP contribution < -0.4 is 24.8 Å². The molecule has 0 saturated heterocycles. The van der Waals surface area contributed by atoms with Crippen molar-refractivity contribution in [1.29, 1.82) is 5.26 Å². The molecule has 3 aromatic rings. The monoisotopic (exact) mass is 617 g/mol. The molecular weight excluding hydrogens is 597 g/mol. The normalized spacial score (nSPS) is 10.8. The Labute approximate surface area is 238 Å². The fraction of sp³-hybridized carbons (Fsp3) is 0.148. The molecule has 0 aliphatic carbocycles. The molecule has 3 rings (SSSR count). The number of halogens is 3. The van der Waals surface area contributed by atoms with Crippen molar-refractivity contribution >= 4 is 68.4 Å². The van der Waals surface area contributed by atoms with Crippen LogP contribution in [-0.4, -0.2) is 32.1 Å². The molecule has 3 aromatic carbocycles. The first-order valence-corrected chi connectivity index (χ1v) is 12.7. The van der Waals surface area contributed by atoms with Crippen LogP contribution in [0.3, 0.4) is 0 Å². The second-order valence-electron chi connectivity index (χ2n) is 7.58. The van der Waals surface area contributed by atoms with Gasteiger partial charge in [-0.25, -0.2) is 0 Å². The molecule has 0 saturated carbocycles. The molecule has 0 aliphatic rings. The number of nitrogens with zero attached hydrogens (tertiary/aromatic N) is 1. The average molecular weight is 619 g/mol. The van der Waals surface area contributed by atoms with E-state index in [1.54, 1.807) is 62.6 Å². The lowest BCUT2D eigenvalue weighted by molar-refractivity contribution is -0.118. The smallest absolute Gasteiger partial charge is 0.266 e. The lowest BCUT2D eigenvalue weighted by Crippen LogP contribution is -2.20. The van der Waals surface area contributed by atoms with Gasteiger partial charge in [0.05, 0.1) is 28.2 Å². The second-order valence-corrected chi connectivity index (χ2v) is 9.25. The minimum Gasteiger partial charge on any atom is -0.497 e. The third kappa shape index (κ3) is 7.89. The van der Waals surface area contributed by atoms with Gasteiger partial charge >= 0.3 is 0 Å². The Balaban J connectivity index is 1.75. The number of amides is 2. The maximum absolute atomic E-state index is 12.7. The van der Waals surface area contributed by atoms with E-state index in [1.807, 2.05) is 6.07 Å². The molecule has 11 heteroatoms. The molecule has 38 heavy (non-hydrogen) atoms. The molecule has 0 aromatic heterocycles. The summed E-state index contributed by atoms with van der Waals surface area (Å²) in [6.45, 7) is 1.79. The largest absolute Gasteiger partial charge is 0.497 e. The van der Waals surface area contributed by atoms with Crippen LogP contribution in [0.15, 0.2) is 64.6 Å². The first kappa shape index (κ1) is 28.9. The molecule has 196 valence electrons. The van der Waals surface area contributed by atoms with Gasteiger partial charge < -0.3 is 24.8 Å². The summed E-state index contributed by atoms with van der Waals surface area (Å²) in [5, 5.41) is 15.6. The van der Waals surface area contributed by atoms with Gasteiger partial charge in [-0.1, -0.05) is 23.2 Å². The molecule has 0 radical (unpaired) electrons. The Morgan fingerprint density at radius 2 is 1.71 bits per heavy atom. The van der Waals surface area contributed by atoms with E-state index in [0.717, 1.165) is 0 Å². The fourth-order valence-corrected chi connectivity index (χ4v) is 4.04. The summed E-state index contributed by atoms with van der Waals surface area (Å²) >= 11 is 15.3. The van der Waals surface area contributed by atoms with Gasteiger partial charge in [0.15, 0.2) is 18.1 Å². The summed E-state index contributed by atoms with van der Waals surface area (Å²) in [5.74, 6) is 0.244. The third-order valence-corrected chi connectivity index (χ3v) is 6.23. The number of nitriles is 1. The molecule has 8 nitrogen and oxygen atoms in total. The van der Waals surface area contributed by atoms with Gasteiger partial charge in [-0.3, -0.25) is 9.59 Å². The van der Waals surface area contributed by atoms with E-state index in [-0.39, 0.29) is 17.9 Å². The number of carbonyl (C=O) groups is 2. The Kier molecular flexibility index (Phi) is 10.4. The van der Waals surface area contributed by atoms with Crippen LogP contribution >= 0.6 is 39.1 Å². The van der Waals surface area contributed by atoms with Crippen LogP contribution in [0.4, 0.5) is 11.4 Å². The van der Waals surface area contributed by atoms with Crippen LogP contribution in [0.25, 0.3) is 6.08 Å². The van der Waals surface area contributed by atoms with Gasteiger partial charge in [-0.2, -0.15) is 5.26 Å². The van der Waals surface area contributed by atoms with Crippen LogP contribution in [0, 0.1) is 11.3 Å². The Hall–Kier alpha value is -3.71. The second kappa shape index (κ2) is 13.7. The Morgan fingerprint density at radius 3 is 2.34 bits per heavy atom. The Morgan fingerprint density at radius 1 is 1.00 bits per heavy atom. The van der Waals surface area contributed by atoms with Gasteiger partial charge in [0.1, 0.15) is 17.4 Å². The zero-order valence-electron chi connectivity index (χ0n) is 20.3. The number of rotatable bonds is 10. The Bertz CT molecular complexity index is 1410. The molecule has 0 atom stereocenters. The molecule has 0 aliphatic heterocycles. The molecule has 2 N–H and O–H groups in total. The minimum absolute atomic E-state index is 0.121. The number of ether oxygens (including phenoxy) is 3. The molecule has 2 amide bonds. The summed E-state index contributed by atoms with van der Waals surface area (Å²) in [6, 6.07) is 16.6. The topological polar surface area (TPSA) is 110 Å². The molecule has 0 bridgehead atoms. The summed E-state index contributed by atoms with van der Waals surface area (Å²) in [7, 11) is 1.54. The quantitative estimate of drug-likeness (QED) is 0.193. The van der Waals surface area contributed by atoms with Crippen molar-refractivity contribution in [3.05, 3.63) is 80.3 Å². The van der Waals surface area contributed by atoms with Crippen molar-refractivity contribution in [3.63, 3.8) is 0 Å². The van der Waals surface area contributed by atoms with Crippen LogP contribution in [0.2, 0.25) is 10.0 Å². The molecule has 0 heterocycles. The van der Waals surface area contributed by atoms with E-state index < -0.39 is 11.8 Å². The van der Waals surface area contributed by atoms with Crippen molar-refractivity contribution in [2.45, 2.75) is 6.92 Å². The minimum atomic E-state index is -0.578. The van der Waals surface area contributed by atoms with E-state index >= 15 is 0 Å². The molecular formula is C27H22BrCl2N3O5. The number of benzene rings is 3. The van der Waals surface area contributed by atoms with Gasteiger partial charge in [0.2, 0.25) is 0 Å². The summed E-state index contributed by atoms with van der Waals surface area (Å²) in [6.07, 6.45) is 1.42. The van der Waals surface area contributed by atoms with Crippen LogP contribution in [0.5, 0.6) is 17.2 Å². The predicted octanol–water partition coefficient (Wildman–Crippen LogP) is 6.73. The lowest BCUT2D eigenvalue weighted by atomic mass is 10.1. The number of anilines is 2. The van der Waals surface area contributed by atoms with Crippen molar-refractivity contribution in [2.24, 2.45) is 0 Å². The van der Waals surface area contributed by atoms with E-state index in [0.29, 0.717) is 49.6 Å². The maximum atomic E-state index is 12.7. The average Bonchev–Trinajstić information content (AvgIpc) is 2.89. The zero-order valence-corrected chi connectivity index (χ0v) is 23.4. The molecule has 0 spiro atoms. The van der Waals surface area contributed by atoms with Gasteiger partial charge in [0, 0.05) is 11.4 Å². The highest BCUT2D eigenvalue weighted by atomic mass is 79.9. The first-order valence-electron chi connectivity index (χ1n) is 11.1. The maximum Gasteiger partial charge on any atom is 0.266 e. The number of nitrogens with one attached hydrogen (secondary N) is 2. The van der Waals surface area contributed by atoms with Crippen molar-refractivity contribution in [1.82, 2.24) is 0 Å². The summed E-state index contributed by atoms with van der Waals surface area (Å²) in [5.41, 5.74) is 1.37. The standard InChI is InChI=1S/C27H22BrCl2N3O5/c1-3-37-24-12-16(10-17(14-31)27(35)33-18-4-7-20(36-2)8-5-18)11-21(28)26(24)38-15-25(34)32-19-6-9-22(29)23(30)13-19/h4-13H,3,15H2,1-2H3,(H,32,34)(H,33,35)/b17-10-. The molecule has 0 unspecified atom stereocenters. The van der Waals surface area contributed by atoms with E-state index in [4.69, 9.17) is 37.4 Å². The zero-order chi connectivity index (χ0) is 27.7. The van der Waals surface area contributed by atoms with Crippen molar-refractivity contribution in [3.8, 4) is 23.3 Å². The van der Waals surface area contributed by atoms with Gasteiger partial charge in [0.25, 0.3) is 11.8 Å². The van der Waals surface area contributed by atoms with Crippen LogP contribution in [-0.2, 0) is 9.59 Å².